The van der Waals surface area contributed by atoms with Crippen LogP contribution in [0.15, 0.2) is 42.7 Å². The molecule has 2 N–H and O–H groups in total. The number of rotatable bonds is 5. The molecule has 0 aliphatic carbocycles. The molecule has 1 heterocycles. The maximum Gasteiger partial charge on any atom is 0.248 e. The summed E-state index contributed by atoms with van der Waals surface area (Å²) in [5.74, 6) is -0.320. The zero-order valence-corrected chi connectivity index (χ0v) is 16.0. The van der Waals surface area contributed by atoms with Crippen molar-refractivity contribution in [1.29, 1.82) is 0 Å². The first-order valence-electron chi connectivity index (χ1n) is 7.93. The highest BCUT2D eigenvalue weighted by Crippen LogP contribution is 2.23. The predicted octanol–water partition coefficient (Wildman–Crippen LogP) is 2.80. The van der Waals surface area contributed by atoms with Gasteiger partial charge in [0.25, 0.3) is 0 Å². The van der Waals surface area contributed by atoms with E-state index >= 15 is 0 Å². The number of sulfonamides is 1. The van der Waals surface area contributed by atoms with Gasteiger partial charge in [-0.1, -0.05) is 20.8 Å². The van der Waals surface area contributed by atoms with Gasteiger partial charge in [0.2, 0.25) is 15.9 Å². The average molecular weight is 374 g/mol. The summed E-state index contributed by atoms with van der Waals surface area (Å²) in [6, 6.07) is 6.37. The van der Waals surface area contributed by atoms with Gasteiger partial charge in [-0.25, -0.2) is 8.42 Å². The smallest absolute Gasteiger partial charge is 0.248 e. The van der Waals surface area contributed by atoms with Gasteiger partial charge in [0.05, 0.1) is 17.6 Å². The number of carbonyl (C=O) groups is 1. The molecule has 7 nitrogen and oxygen atoms in total. The van der Waals surface area contributed by atoms with Crippen LogP contribution < -0.4 is 10.0 Å². The number of hydrogen-bond acceptors (Lipinski definition) is 5. The maximum absolute atomic E-state index is 12.1. The van der Waals surface area contributed by atoms with Gasteiger partial charge in [-0.3, -0.25) is 19.5 Å². The molecule has 0 spiro atoms. The Labute approximate surface area is 153 Å². The highest BCUT2D eigenvalue weighted by molar-refractivity contribution is 7.92. The SMILES string of the molecule is CC(C)(C)c1nccnc1/C=C/C(=O)Nc1ccc(NS(C)(=O)=O)cc1. The summed E-state index contributed by atoms with van der Waals surface area (Å²) in [5.41, 5.74) is 2.24. The van der Waals surface area contributed by atoms with Crippen molar-refractivity contribution in [3.8, 4) is 0 Å². The van der Waals surface area contributed by atoms with Gasteiger partial charge in [-0.2, -0.15) is 0 Å². The van der Waals surface area contributed by atoms with Crippen LogP contribution in [0.4, 0.5) is 11.4 Å². The van der Waals surface area contributed by atoms with Crippen LogP contribution >= 0.6 is 0 Å². The van der Waals surface area contributed by atoms with Gasteiger partial charge in [0.1, 0.15) is 0 Å². The van der Waals surface area contributed by atoms with Crippen LogP contribution in [0.5, 0.6) is 0 Å². The first-order valence-corrected chi connectivity index (χ1v) is 9.82. The van der Waals surface area contributed by atoms with Crippen LogP contribution in [0.25, 0.3) is 6.08 Å². The van der Waals surface area contributed by atoms with Gasteiger partial charge in [0.15, 0.2) is 0 Å². The zero-order valence-electron chi connectivity index (χ0n) is 15.1. The van der Waals surface area contributed by atoms with Crippen LogP contribution in [0.3, 0.4) is 0 Å². The standard InChI is InChI=1S/C18H22N4O3S/c1-18(2,3)17-15(19-11-12-20-17)9-10-16(23)21-13-5-7-14(8-6-13)22-26(4,24)25/h5-12,22H,1-4H3,(H,21,23)/b10-9+. The van der Waals surface area contributed by atoms with E-state index in [4.69, 9.17) is 0 Å². The quantitative estimate of drug-likeness (QED) is 0.784. The molecular weight excluding hydrogens is 352 g/mol. The van der Waals surface area contributed by atoms with E-state index in [2.05, 4.69) is 20.0 Å². The fourth-order valence-corrected chi connectivity index (χ4v) is 2.79. The van der Waals surface area contributed by atoms with Crippen molar-refractivity contribution in [2.45, 2.75) is 26.2 Å². The van der Waals surface area contributed by atoms with Crippen molar-refractivity contribution in [1.82, 2.24) is 9.97 Å². The molecule has 0 aliphatic rings. The molecular formula is C18H22N4O3S. The lowest BCUT2D eigenvalue weighted by Crippen LogP contribution is -2.16. The molecule has 0 unspecified atom stereocenters. The van der Waals surface area contributed by atoms with Gasteiger partial charge in [-0.05, 0) is 30.3 Å². The lowest BCUT2D eigenvalue weighted by atomic mass is 9.90. The summed E-state index contributed by atoms with van der Waals surface area (Å²) in [4.78, 5) is 20.7. The van der Waals surface area contributed by atoms with Crippen molar-refractivity contribution >= 4 is 33.4 Å². The van der Waals surface area contributed by atoms with Crippen LogP contribution in [0.2, 0.25) is 0 Å². The fourth-order valence-electron chi connectivity index (χ4n) is 2.22. The largest absolute Gasteiger partial charge is 0.323 e. The minimum Gasteiger partial charge on any atom is -0.323 e. The fraction of sp³-hybridized carbons (Fsp3) is 0.278. The third-order valence-electron chi connectivity index (χ3n) is 3.29. The molecule has 0 radical (unpaired) electrons. The summed E-state index contributed by atoms with van der Waals surface area (Å²) < 4.78 is 24.7. The molecule has 0 fully saturated rings. The summed E-state index contributed by atoms with van der Waals surface area (Å²) >= 11 is 0. The molecule has 2 aromatic rings. The Morgan fingerprint density at radius 1 is 1.04 bits per heavy atom. The second kappa shape index (κ2) is 7.65. The molecule has 1 amide bonds. The summed E-state index contributed by atoms with van der Waals surface area (Å²) in [5, 5.41) is 2.71. The molecule has 8 heteroatoms. The van der Waals surface area contributed by atoms with Gasteiger partial charge in [0, 0.05) is 35.3 Å². The molecule has 0 aliphatic heterocycles. The number of nitrogens with zero attached hydrogens (tertiary/aromatic N) is 2. The number of amides is 1. The van der Waals surface area contributed by atoms with E-state index < -0.39 is 10.0 Å². The Hall–Kier alpha value is -2.74. The molecule has 26 heavy (non-hydrogen) atoms. The van der Waals surface area contributed by atoms with Crippen molar-refractivity contribution in [2.75, 3.05) is 16.3 Å². The Morgan fingerprint density at radius 3 is 2.19 bits per heavy atom. The third-order valence-corrected chi connectivity index (χ3v) is 3.89. The van der Waals surface area contributed by atoms with E-state index in [0.29, 0.717) is 17.1 Å². The molecule has 0 atom stereocenters. The molecule has 1 aromatic carbocycles. The van der Waals surface area contributed by atoms with E-state index in [1.807, 2.05) is 20.8 Å². The number of hydrogen-bond donors (Lipinski definition) is 2. The van der Waals surface area contributed by atoms with Gasteiger partial charge in [-0.15, -0.1) is 0 Å². The first-order chi connectivity index (χ1) is 12.0. The predicted molar refractivity (Wildman–Crippen MR) is 103 cm³/mol. The summed E-state index contributed by atoms with van der Waals surface area (Å²) in [7, 11) is -3.33. The highest BCUT2D eigenvalue weighted by Gasteiger charge is 2.19. The van der Waals surface area contributed by atoms with Crippen molar-refractivity contribution in [2.24, 2.45) is 0 Å². The maximum atomic E-state index is 12.1. The van der Waals surface area contributed by atoms with Crippen LogP contribution in [-0.2, 0) is 20.2 Å². The Morgan fingerprint density at radius 2 is 1.62 bits per heavy atom. The average Bonchev–Trinajstić information content (AvgIpc) is 2.53. The monoisotopic (exact) mass is 374 g/mol. The van der Waals surface area contributed by atoms with E-state index in [0.717, 1.165) is 11.9 Å². The second-order valence-electron chi connectivity index (χ2n) is 6.81. The number of carbonyl (C=O) groups excluding carboxylic acids is 1. The summed E-state index contributed by atoms with van der Waals surface area (Å²) in [6.45, 7) is 6.08. The van der Waals surface area contributed by atoms with E-state index in [9.17, 15) is 13.2 Å². The third kappa shape index (κ3) is 5.96. The minimum atomic E-state index is -3.33. The Balaban J connectivity index is 2.07. The lowest BCUT2D eigenvalue weighted by molar-refractivity contribution is -0.111. The highest BCUT2D eigenvalue weighted by atomic mass is 32.2. The first kappa shape index (κ1) is 19.6. The van der Waals surface area contributed by atoms with Gasteiger partial charge < -0.3 is 5.32 Å². The number of anilines is 2. The zero-order chi connectivity index (χ0) is 19.4. The minimum absolute atomic E-state index is 0.188. The molecule has 0 bridgehead atoms. The van der Waals surface area contributed by atoms with Crippen molar-refractivity contribution in [3.05, 3.63) is 54.1 Å². The van der Waals surface area contributed by atoms with Gasteiger partial charge >= 0.3 is 0 Å². The molecule has 0 saturated carbocycles. The Kier molecular flexibility index (Phi) is 5.76. The summed E-state index contributed by atoms with van der Waals surface area (Å²) in [6.07, 6.45) is 7.31. The number of benzene rings is 1. The van der Waals surface area contributed by atoms with Crippen LogP contribution in [-0.4, -0.2) is 30.5 Å². The molecule has 1 aromatic heterocycles. The van der Waals surface area contributed by atoms with E-state index in [-0.39, 0.29) is 11.3 Å². The van der Waals surface area contributed by atoms with Crippen molar-refractivity contribution in [3.63, 3.8) is 0 Å². The van der Waals surface area contributed by atoms with E-state index in [1.54, 1.807) is 42.7 Å². The topological polar surface area (TPSA) is 101 Å². The molecule has 2 rings (SSSR count). The molecule has 0 saturated heterocycles. The van der Waals surface area contributed by atoms with Crippen molar-refractivity contribution < 1.29 is 13.2 Å². The Bertz CT molecular complexity index is 914. The molecule has 138 valence electrons. The van der Waals surface area contributed by atoms with E-state index in [1.165, 1.54) is 6.08 Å². The normalized spacial score (nSPS) is 12.2. The van der Waals surface area contributed by atoms with Crippen LogP contribution in [0, 0.1) is 0 Å². The number of aromatic nitrogens is 2. The number of nitrogens with one attached hydrogen (secondary N) is 2. The lowest BCUT2D eigenvalue weighted by Gasteiger charge is -2.18. The second-order valence-corrected chi connectivity index (χ2v) is 8.56. The van der Waals surface area contributed by atoms with Crippen LogP contribution in [0.1, 0.15) is 32.2 Å².